The SMILES string of the molecule is O=C(COc1ccc(-c2ccccc2)cc1Br)NCc1ccc(Cl)cc1Cl. The summed E-state index contributed by atoms with van der Waals surface area (Å²) in [7, 11) is 0. The molecule has 0 saturated carbocycles. The fraction of sp³-hybridized carbons (Fsp3) is 0.0952. The van der Waals surface area contributed by atoms with Gasteiger partial charge in [0.1, 0.15) is 5.75 Å². The van der Waals surface area contributed by atoms with Crippen molar-refractivity contribution in [1.29, 1.82) is 0 Å². The smallest absolute Gasteiger partial charge is 0.258 e. The molecule has 0 spiro atoms. The number of carbonyl (C=O) groups is 1. The van der Waals surface area contributed by atoms with E-state index in [0.29, 0.717) is 22.3 Å². The van der Waals surface area contributed by atoms with E-state index in [4.69, 9.17) is 27.9 Å². The van der Waals surface area contributed by atoms with Crippen molar-refractivity contribution < 1.29 is 9.53 Å². The molecule has 0 unspecified atom stereocenters. The van der Waals surface area contributed by atoms with Crippen molar-refractivity contribution in [3.8, 4) is 16.9 Å². The lowest BCUT2D eigenvalue weighted by molar-refractivity contribution is -0.123. The number of hydrogen-bond donors (Lipinski definition) is 1. The first-order chi connectivity index (χ1) is 13.0. The third-order valence-electron chi connectivity index (χ3n) is 3.89. The van der Waals surface area contributed by atoms with Crippen LogP contribution in [-0.4, -0.2) is 12.5 Å². The molecule has 3 nitrogen and oxygen atoms in total. The summed E-state index contributed by atoms with van der Waals surface area (Å²) in [5.41, 5.74) is 2.97. The molecule has 138 valence electrons. The second-order valence-corrected chi connectivity index (χ2v) is 7.51. The minimum atomic E-state index is -0.236. The molecule has 0 bridgehead atoms. The van der Waals surface area contributed by atoms with E-state index in [9.17, 15) is 4.79 Å². The molecule has 3 rings (SSSR count). The van der Waals surface area contributed by atoms with Crippen molar-refractivity contribution in [2.24, 2.45) is 0 Å². The van der Waals surface area contributed by atoms with Crippen LogP contribution in [0.2, 0.25) is 10.0 Å². The Morgan fingerprint density at radius 3 is 2.44 bits per heavy atom. The molecular formula is C21H16BrCl2NO2. The lowest BCUT2D eigenvalue weighted by Gasteiger charge is -2.11. The van der Waals surface area contributed by atoms with Gasteiger partial charge >= 0.3 is 0 Å². The zero-order chi connectivity index (χ0) is 19.2. The van der Waals surface area contributed by atoms with E-state index in [1.807, 2.05) is 48.5 Å². The predicted octanol–water partition coefficient (Wildman–Crippen LogP) is 6.12. The monoisotopic (exact) mass is 463 g/mol. The summed E-state index contributed by atoms with van der Waals surface area (Å²) >= 11 is 15.5. The molecule has 6 heteroatoms. The summed E-state index contributed by atoms with van der Waals surface area (Å²) in [6.45, 7) is 0.223. The van der Waals surface area contributed by atoms with Crippen molar-refractivity contribution >= 4 is 45.0 Å². The first-order valence-corrected chi connectivity index (χ1v) is 9.76. The van der Waals surface area contributed by atoms with Crippen LogP contribution in [0.4, 0.5) is 0 Å². The van der Waals surface area contributed by atoms with Crippen LogP contribution in [0.25, 0.3) is 11.1 Å². The van der Waals surface area contributed by atoms with Crippen molar-refractivity contribution in [2.45, 2.75) is 6.54 Å². The number of ether oxygens (including phenoxy) is 1. The van der Waals surface area contributed by atoms with Crippen LogP contribution in [0.3, 0.4) is 0 Å². The number of amides is 1. The minimum Gasteiger partial charge on any atom is -0.483 e. The molecular weight excluding hydrogens is 449 g/mol. The first-order valence-electron chi connectivity index (χ1n) is 8.21. The molecule has 0 atom stereocenters. The van der Waals surface area contributed by atoms with Gasteiger partial charge in [-0.2, -0.15) is 0 Å². The third kappa shape index (κ3) is 5.48. The summed E-state index contributed by atoms with van der Waals surface area (Å²) in [4.78, 5) is 12.0. The van der Waals surface area contributed by atoms with E-state index in [2.05, 4.69) is 21.2 Å². The zero-order valence-electron chi connectivity index (χ0n) is 14.2. The fourth-order valence-electron chi connectivity index (χ4n) is 2.48. The van der Waals surface area contributed by atoms with Crippen LogP contribution in [0, 0.1) is 0 Å². The molecule has 0 aliphatic rings. The van der Waals surface area contributed by atoms with Gasteiger partial charge in [-0.3, -0.25) is 4.79 Å². The first kappa shape index (κ1) is 19.7. The van der Waals surface area contributed by atoms with Gasteiger partial charge in [-0.15, -0.1) is 0 Å². The quantitative estimate of drug-likeness (QED) is 0.477. The standard InChI is InChI=1S/C21H16BrCl2NO2/c22-18-10-15(14-4-2-1-3-5-14)7-9-20(18)27-13-21(26)25-12-16-6-8-17(23)11-19(16)24/h1-11H,12-13H2,(H,25,26). The number of halogens is 3. The molecule has 0 saturated heterocycles. The van der Waals surface area contributed by atoms with Crippen molar-refractivity contribution in [2.75, 3.05) is 6.61 Å². The largest absolute Gasteiger partial charge is 0.483 e. The molecule has 0 radical (unpaired) electrons. The second-order valence-electron chi connectivity index (χ2n) is 5.81. The summed E-state index contributed by atoms with van der Waals surface area (Å²) in [5.74, 6) is 0.370. The van der Waals surface area contributed by atoms with E-state index < -0.39 is 0 Å². The van der Waals surface area contributed by atoms with Gasteiger partial charge in [-0.05, 0) is 56.9 Å². The van der Waals surface area contributed by atoms with Crippen LogP contribution in [0.5, 0.6) is 5.75 Å². The van der Waals surface area contributed by atoms with Crippen molar-refractivity contribution in [1.82, 2.24) is 5.32 Å². The molecule has 3 aromatic rings. The number of hydrogen-bond acceptors (Lipinski definition) is 2. The van der Waals surface area contributed by atoms with E-state index in [0.717, 1.165) is 21.2 Å². The Morgan fingerprint density at radius 2 is 1.74 bits per heavy atom. The number of benzene rings is 3. The molecule has 0 fully saturated rings. The van der Waals surface area contributed by atoms with E-state index in [-0.39, 0.29) is 12.5 Å². The van der Waals surface area contributed by atoms with Gasteiger partial charge in [0.2, 0.25) is 0 Å². The lowest BCUT2D eigenvalue weighted by atomic mass is 10.1. The Bertz CT molecular complexity index is 948. The molecule has 1 amide bonds. The van der Waals surface area contributed by atoms with E-state index in [1.54, 1.807) is 18.2 Å². The highest BCUT2D eigenvalue weighted by molar-refractivity contribution is 9.10. The highest BCUT2D eigenvalue weighted by Crippen LogP contribution is 2.30. The Labute approximate surface area is 176 Å². The van der Waals surface area contributed by atoms with Crippen LogP contribution in [0.1, 0.15) is 5.56 Å². The molecule has 0 aliphatic carbocycles. The van der Waals surface area contributed by atoms with Crippen LogP contribution >= 0.6 is 39.1 Å². The van der Waals surface area contributed by atoms with Crippen LogP contribution in [0.15, 0.2) is 71.2 Å². The van der Waals surface area contributed by atoms with E-state index in [1.165, 1.54) is 0 Å². The maximum Gasteiger partial charge on any atom is 0.258 e. The number of carbonyl (C=O) groups excluding carboxylic acids is 1. The molecule has 27 heavy (non-hydrogen) atoms. The summed E-state index contributed by atoms with van der Waals surface area (Å²) in [5, 5.41) is 3.85. The van der Waals surface area contributed by atoms with Gasteiger partial charge in [0.05, 0.1) is 4.47 Å². The minimum absolute atomic E-state index is 0.0888. The van der Waals surface area contributed by atoms with Gasteiger partial charge in [0, 0.05) is 16.6 Å². The average Bonchev–Trinajstić information content (AvgIpc) is 2.67. The third-order valence-corrected chi connectivity index (χ3v) is 5.10. The summed E-state index contributed by atoms with van der Waals surface area (Å²) in [6, 6.07) is 21.0. The zero-order valence-corrected chi connectivity index (χ0v) is 17.3. The molecule has 0 aromatic heterocycles. The Hall–Kier alpha value is -2.01. The maximum absolute atomic E-state index is 12.0. The molecule has 0 aliphatic heterocycles. The van der Waals surface area contributed by atoms with Crippen LogP contribution in [-0.2, 0) is 11.3 Å². The summed E-state index contributed by atoms with van der Waals surface area (Å²) in [6.07, 6.45) is 0. The Balaban J connectivity index is 1.55. The van der Waals surface area contributed by atoms with Crippen LogP contribution < -0.4 is 10.1 Å². The maximum atomic E-state index is 12.0. The number of nitrogens with one attached hydrogen (secondary N) is 1. The topological polar surface area (TPSA) is 38.3 Å². The lowest BCUT2D eigenvalue weighted by Crippen LogP contribution is -2.28. The van der Waals surface area contributed by atoms with Gasteiger partial charge in [-0.1, -0.05) is 65.7 Å². The molecule has 3 aromatic carbocycles. The fourth-order valence-corrected chi connectivity index (χ4v) is 3.45. The second kappa shape index (κ2) is 9.27. The predicted molar refractivity (Wildman–Crippen MR) is 113 cm³/mol. The highest BCUT2D eigenvalue weighted by atomic mass is 79.9. The normalized spacial score (nSPS) is 10.5. The molecule has 0 heterocycles. The van der Waals surface area contributed by atoms with Gasteiger partial charge in [-0.25, -0.2) is 0 Å². The van der Waals surface area contributed by atoms with Gasteiger partial charge in [0.15, 0.2) is 6.61 Å². The molecule has 1 N–H and O–H groups in total. The summed E-state index contributed by atoms with van der Waals surface area (Å²) < 4.78 is 6.40. The Morgan fingerprint density at radius 1 is 0.963 bits per heavy atom. The average molecular weight is 465 g/mol. The van der Waals surface area contributed by atoms with E-state index >= 15 is 0 Å². The van der Waals surface area contributed by atoms with Gasteiger partial charge in [0.25, 0.3) is 5.91 Å². The number of rotatable bonds is 6. The van der Waals surface area contributed by atoms with Crippen molar-refractivity contribution in [3.63, 3.8) is 0 Å². The Kier molecular flexibility index (Phi) is 6.78. The highest BCUT2D eigenvalue weighted by Gasteiger charge is 2.09. The van der Waals surface area contributed by atoms with Gasteiger partial charge < -0.3 is 10.1 Å². The van der Waals surface area contributed by atoms with Crippen molar-refractivity contribution in [3.05, 3.63) is 86.8 Å².